The van der Waals surface area contributed by atoms with Gasteiger partial charge in [-0.1, -0.05) is 94.9 Å². The predicted molar refractivity (Wildman–Crippen MR) is 152 cm³/mol. The van der Waals surface area contributed by atoms with Crippen molar-refractivity contribution in [3.63, 3.8) is 0 Å². The van der Waals surface area contributed by atoms with Crippen LogP contribution in [0.15, 0.2) is 0 Å². The molecule has 3 aliphatic rings. The molecule has 33 heavy (non-hydrogen) atoms. The van der Waals surface area contributed by atoms with Crippen molar-refractivity contribution in [1.82, 2.24) is 0 Å². The van der Waals surface area contributed by atoms with Crippen molar-refractivity contribution in [3.8, 4) is 0 Å². The third-order valence-corrected chi connectivity index (χ3v) is 9.88. The molecule has 0 aliphatic heterocycles. The van der Waals surface area contributed by atoms with Gasteiger partial charge >= 0.3 is 0 Å². The van der Waals surface area contributed by atoms with Crippen LogP contribution >= 0.6 is 0 Å². The molecular formula is C33H66. The smallest absolute Gasteiger partial charge is 0.0358 e. The van der Waals surface area contributed by atoms with E-state index in [9.17, 15) is 0 Å². The maximum Gasteiger partial charge on any atom is -0.0358 e. The summed E-state index contributed by atoms with van der Waals surface area (Å²) in [5.41, 5.74) is 0. The van der Waals surface area contributed by atoms with Gasteiger partial charge in [0.05, 0.1) is 0 Å². The molecule has 0 N–H and O–H groups in total. The van der Waals surface area contributed by atoms with Crippen molar-refractivity contribution >= 4 is 0 Å². The van der Waals surface area contributed by atoms with E-state index in [4.69, 9.17) is 0 Å². The predicted octanol–water partition coefficient (Wildman–Crippen LogP) is 11.4. The summed E-state index contributed by atoms with van der Waals surface area (Å²) in [5, 5.41) is 0. The van der Waals surface area contributed by atoms with Crippen molar-refractivity contribution in [2.45, 2.75) is 153 Å². The maximum atomic E-state index is 2.50. The summed E-state index contributed by atoms with van der Waals surface area (Å²) in [5.74, 6) is 10.1. The zero-order chi connectivity index (χ0) is 25.0. The Labute approximate surface area is 211 Å². The number of rotatable bonds is 8. The molecule has 0 nitrogen and oxygen atoms in total. The van der Waals surface area contributed by atoms with Gasteiger partial charge in [0.25, 0.3) is 0 Å². The lowest BCUT2D eigenvalue weighted by atomic mass is 9.70. The fraction of sp³-hybridized carbons (Fsp3) is 1.00. The van der Waals surface area contributed by atoms with Gasteiger partial charge in [0.2, 0.25) is 0 Å². The van der Waals surface area contributed by atoms with E-state index in [1.807, 2.05) is 13.8 Å². The molecule has 0 heterocycles. The molecule has 0 aromatic carbocycles. The van der Waals surface area contributed by atoms with Crippen molar-refractivity contribution in [2.24, 2.45) is 59.2 Å². The lowest BCUT2D eigenvalue weighted by Gasteiger charge is -2.35. The average Bonchev–Trinajstić information content (AvgIpc) is 3.41. The SMILES string of the molecule is CC.CC(C)CC(C)C1CCC(C2CCC(C)C2)CC1.CCCC1CCC(C(C)C)C1CC. The molecule has 0 spiro atoms. The Balaban J connectivity index is 0.000000322. The van der Waals surface area contributed by atoms with E-state index >= 15 is 0 Å². The molecule has 3 aliphatic carbocycles. The van der Waals surface area contributed by atoms with Crippen LogP contribution in [0.2, 0.25) is 0 Å². The van der Waals surface area contributed by atoms with E-state index in [0.717, 1.165) is 59.2 Å². The van der Waals surface area contributed by atoms with Gasteiger partial charge in [-0.3, -0.25) is 0 Å². The van der Waals surface area contributed by atoms with Crippen LogP contribution in [0.1, 0.15) is 153 Å². The minimum Gasteiger partial charge on any atom is -0.0683 e. The van der Waals surface area contributed by atoms with Crippen molar-refractivity contribution in [2.75, 3.05) is 0 Å². The van der Waals surface area contributed by atoms with E-state index in [-0.39, 0.29) is 0 Å². The van der Waals surface area contributed by atoms with Crippen LogP contribution in [0.4, 0.5) is 0 Å². The van der Waals surface area contributed by atoms with Crippen molar-refractivity contribution < 1.29 is 0 Å². The first kappa shape index (κ1) is 31.0. The Bertz CT molecular complexity index is 455. The molecule has 3 fully saturated rings. The van der Waals surface area contributed by atoms with Crippen molar-refractivity contribution in [3.05, 3.63) is 0 Å². The summed E-state index contributed by atoms with van der Waals surface area (Å²) < 4.78 is 0. The second-order valence-corrected chi connectivity index (χ2v) is 13.1. The van der Waals surface area contributed by atoms with Gasteiger partial charge in [0, 0.05) is 0 Å². The quantitative estimate of drug-likeness (QED) is 0.336. The Morgan fingerprint density at radius 2 is 1.33 bits per heavy atom. The second-order valence-electron chi connectivity index (χ2n) is 13.1. The van der Waals surface area contributed by atoms with Gasteiger partial charge in [0.1, 0.15) is 0 Å². The summed E-state index contributed by atoms with van der Waals surface area (Å²) in [4.78, 5) is 0. The van der Waals surface area contributed by atoms with Gasteiger partial charge in [0.15, 0.2) is 0 Å². The minimum absolute atomic E-state index is 0.883. The fourth-order valence-electron chi connectivity index (χ4n) is 8.18. The molecule has 0 amide bonds. The fourth-order valence-corrected chi connectivity index (χ4v) is 8.18. The first-order chi connectivity index (χ1) is 15.8. The molecule has 6 atom stereocenters. The monoisotopic (exact) mass is 463 g/mol. The Kier molecular flexibility index (Phi) is 15.6. The summed E-state index contributed by atoms with van der Waals surface area (Å²) in [6, 6.07) is 0. The van der Waals surface area contributed by atoms with Crippen LogP contribution in [0.3, 0.4) is 0 Å². The zero-order valence-electron chi connectivity index (χ0n) is 25.0. The van der Waals surface area contributed by atoms with E-state index < -0.39 is 0 Å². The summed E-state index contributed by atoms with van der Waals surface area (Å²) >= 11 is 0. The Hall–Kier alpha value is 0. The molecule has 198 valence electrons. The highest BCUT2D eigenvalue weighted by molar-refractivity contribution is 4.86. The number of hydrogen-bond donors (Lipinski definition) is 0. The summed E-state index contributed by atoms with van der Waals surface area (Å²) in [6.45, 7) is 23.2. The molecule has 3 saturated carbocycles. The molecule has 0 saturated heterocycles. The average molecular weight is 463 g/mol. The topological polar surface area (TPSA) is 0 Å². The zero-order valence-corrected chi connectivity index (χ0v) is 25.0. The molecule has 3 rings (SSSR count). The van der Waals surface area contributed by atoms with Crippen LogP contribution in [-0.2, 0) is 0 Å². The van der Waals surface area contributed by atoms with E-state index in [2.05, 4.69) is 55.4 Å². The summed E-state index contributed by atoms with van der Waals surface area (Å²) in [6.07, 6.45) is 19.5. The van der Waals surface area contributed by atoms with E-state index in [1.54, 1.807) is 12.8 Å². The molecule has 0 aromatic rings. The van der Waals surface area contributed by atoms with Gasteiger partial charge in [-0.15, -0.1) is 0 Å². The second kappa shape index (κ2) is 16.6. The van der Waals surface area contributed by atoms with Crippen LogP contribution < -0.4 is 0 Å². The first-order valence-corrected chi connectivity index (χ1v) is 15.8. The van der Waals surface area contributed by atoms with Gasteiger partial charge in [-0.05, 0) is 117 Å². The van der Waals surface area contributed by atoms with Crippen molar-refractivity contribution in [1.29, 1.82) is 0 Å². The van der Waals surface area contributed by atoms with Gasteiger partial charge < -0.3 is 0 Å². The highest BCUT2D eigenvalue weighted by atomic mass is 14.4. The van der Waals surface area contributed by atoms with Gasteiger partial charge in [-0.2, -0.15) is 0 Å². The van der Waals surface area contributed by atoms with Gasteiger partial charge in [-0.25, -0.2) is 0 Å². The lowest BCUT2D eigenvalue weighted by Crippen LogP contribution is -2.24. The molecular weight excluding hydrogens is 396 g/mol. The normalized spacial score (nSPS) is 35.1. The molecule has 0 heteroatoms. The third kappa shape index (κ3) is 10.3. The standard InChI is InChI=1S/C18H34.C13H26.C2H6/c1-13(2)11-15(4)16-7-9-17(10-8-16)18-6-5-14(3)12-18;1-5-7-11-8-9-13(10(3)4)12(11)6-2;1-2/h13-18H,5-12H2,1-4H3;10-13H,5-9H2,1-4H3;1-2H3. The van der Waals surface area contributed by atoms with Crippen LogP contribution in [0.25, 0.3) is 0 Å². The highest BCUT2D eigenvalue weighted by Crippen LogP contribution is 2.45. The lowest BCUT2D eigenvalue weighted by molar-refractivity contribution is 0.157. The molecule has 0 bridgehead atoms. The van der Waals surface area contributed by atoms with Crippen LogP contribution in [0, 0.1) is 59.2 Å². The third-order valence-electron chi connectivity index (χ3n) is 9.88. The number of hydrogen-bond acceptors (Lipinski definition) is 0. The maximum absolute atomic E-state index is 2.50. The highest BCUT2D eigenvalue weighted by Gasteiger charge is 2.35. The Morgan fingerprint density at radius 3 is 1.79 bits per heavy atom. The van der Waals surface area contributed by atoms with E-state index in [0.29, 0.717) is 0 Å². The van der Waals surface area contributed by atoms with Crippen LogP contribution in [-0.4, -0.2) is 0 Å². The summed E-state index contributed by atoms with van der Waals surface area (Å²) in [7, 11) is 0. The minimum atomic E-state index is 0.883. The largest absolute Gasteiger partial charge is 0.0683 e. The molecule has 0 radical (unpaired) electrons. The first-order valence-electron chi connectivity index (χ1n) is 15.8. The van der Waals surface area contributed by atoms with Crippen LogP contribution in [0.5, 0.6) is 0 Å². The molecule has 0 aromatic heterocycles. The molecule has 6 unspecified atom stereocenters. The Morgan fingerprint density at radius 1 is 0.727 bits per heavy atom. The van der Waals surface area contributed by atoms with E-state index in [1.165, 1.54) is 70.6 Å².